The molecule has 1 aromatic carbocycles. The van der Waals surface area contributed by atoms with Gasteiger partial charge in [-0.25, -0.2) is 0 Å². The highest BCUT2D eigenvalue weighted by molar-refractivity contribution is 5.56. The second-order valence-corrected chi connectivity index (χ2v) is 3.62. The van der Waals surface area contributed by atoms with Gasteiger partial charge >= 0.3 is 0 Å². The Morgan fingerprint density at radius 3 is 2.06 bits per heavy atom. The molecule has 6 nitrogen and oxygen atoms in total. The second-order valence-electron chi connectivity index (χ2n) is 3.62. The van der Waals surface area contributed by atoms with Crippen LogP contribution >= 0.6 is 0 Å². The van der Waals surface area contributed by atoms with Crippen LogP contribution in [0.1, 0.15) is 11.7 Å². The fraction of sp³-hybridized carbons (Fsp3) is 0.500. The van der Waals surface area contributed by atoms with Gasteiger partial charge in [0.1, 0.15) is 12.2 Å². The first kappa shape index (κ1) is 14.6. The van der Waals surface area contributed by atoms with Crippen molar-refractivity contribution in [2.24, 2.45) is 0 Å². The lowest BCUT2D eigenvalue weighted by Gasteiger charge is -2.21. The lowest BCUT2D eigenvalue weighted by molar-refractivity contribution is -0.0163. The molecular weight excluding hydrogens is 240 g/mol. The molecule has 6 heteroatoms. The van der Waals surface area contributed by atoms with E-state index in [-0.39, 0.29) is 5.75 Å². The van der Waals surface area contributed by atoms with Crippen LogP contribution in [0.3, 0.4) is 0 Å². The van der Waals surface area contributed by atoms with Crippen molar-refractivity contribution in [2.75, 3.05) is 27.9 Å². The van der Waals surface area contributed by atoms with Crippen molar-refractivity contribution in [1.82, 2.24) is 0 Å². The number of hydrogen-bond donors (Lipinski definition) is 3. The smallest absolute Gasteiger partial charge is 0.203 e. The topological polar surface area (TPSA) is 88.4 Å². The van der Waals surface area contributed by atoms with Crippen molar-refractivity contribution in [3.63, 3.8) is 0 Å². The van der Waals surface area contributed by atoms with E-state index in [1.54, 1.807) is 12.1 Å². The molecule has 0 aliphatic rings. The molecule has 18 heavy (non-hydrogen) atoms. The van der Waals surface area contributed by atoms with E-state index in [2.05, 4.69) is 0 Å². The standard InChI is InChI=1S/C12H18O6/c1-16-9-5-4-7(10(15)8(14)6-13)11(17-2)12(9)18-3/h4-5,8,10,13-15H,6H2,1-3H3. The summed E-state index contributed by atoms with van der Waals surface area (Å²) < 4.78 is 15.4. The lowest BCUT2D eigenvalue weighted by Crippen LogP contribution is -2.22. The molecule has 0 radical (unpaired) electrons. The first-order valence-electron chi connectivity index (χ1n) is 5.36. The minimum Gasteiger partial charge on any atom is -0.493 e. The number of methoxy groups -OCH3 is 3. The number of ether oxygens (including phenoxy) is 3. The molecule has 3 N–H and O–H groups in total. The Labute approximate surface area is 105 Å². The number of benzene rings is 1. The molecule has 1 rings (SSSR count). The highest BCUT2D eigenvalue weighted by Crippen LogP contribution is 2.42. The summed E-state index contributed by atoms with van der Waals surface area (Å²) in [5, 5.41) is 28.2. The van der Waals surface area contributed by atoms with E-state index >= 15 is 0 Å². The maximum absolute atomic E-state index is 9.90. The number of aliphatic hydroxyl groups is 3. The molecule has 2 unspecified atom stereocenters. The van der Waals surface area contributed by atoms with Crippen molar-refractivity contribution >= 4 is 0 Å². The molecule has 0 aromatic heterocycles. The van der Waals surface area contributed by atoms with Gasteiger partial charge in [0.25, 0.3) is 0 Å². The summed E-state index contributed by atoms with van der Waals surface area (Å²) in [6.45, 7) is -0.557. The van der Waals surface area contributed by atoms with Crippen LogP contribution < -0.4 is 14.2 Å². The summed E-state index contributed by atoms with van der Waals surface area (Å²) in [6.07, 6.45) is -2.57. The van der Waals surface area contributed by atoms with Crippen LogP contribution in [0.25, 0.3) is 0 Å². The molecule has 0 spiro atoms. The molecule has 0 saturated carbocycles. The fourth-order valence-electron chi connectivity index (χ4n) is 1.66. The summed E-state index contributed by atoms with van der Waals surface area (Å²) in [5.41, 5.74) is 0.316. The van der Waals surface area contributed by atoms with Gasteiger partial charge in [0, 0.05) is 5.56 Å². The SMILES string of the molecule is COc1ccc(C(O)C(O)CO)c(OC)c1OC. The van der Waals surface area contributed by atoms with E-state index < -0.39 is 18.8 Å². The van der Waals surface area contributed by atoms with Gasteiger partial charge in [-0.3, -0.25) is 0 Å². The predicted octanol–water partition coefficient (Wildman–Crippen LogP) is 0.0990. The number of rotatable bonds is 6. The van der Waals surface area contributed by atoms with Crippen LogP contribution in [0.2, 0.25) is 0 Å². The fourth-order valence-corrected chi connectivity index (χ4v) is 1.66. The summed E-state index contributed by atoms with van der Waals surface area (Å²) in [4.78, 5) is 0. The molecule has 2 atom stereocenters. The molecule has 1 aromatic rings. The maximum atomic E-state index is 9.90. The summed E-state index contributed by atoms with van der Waals surface area (Å²) in [5.74, 6) is 1.03. The van der Waals surface area contributed by atoms with E-state index in [1.807, 2.05) is 0 Å². The van der Waals surface area contributed by atoms with E-state index in [4.69, 9.17) is 19.3 Å². The molecule has 0 amide bonds. The molecule has 0 bridgehead atoms. The van der Waals surface area contributed by atoms with E-state index in [0.717, 1.165) is 0 Å². The summed E-state index contributed by atoms with van der Waals surface area (Å²) in [6, 6.07) is 3.13. The minimum absolute atomic E-state index is 0.261. The van der Waals surface area contributed by atoms with Gasteiger partial charge in [-0.2, -0.15) is 0 Å². The monoisotopic (exact) mass is 258 g/mol. The van der Waals surface area contributed by atoms with Crippen LogP contribution in [0, 0.1) is 0 Å². The van der Waals surface area contributed by atoms with Crippen LogP contribution in [0.5, 0.6) is 17.2 Å². The summed E-state index contributed by atoms with van der Waals surface area (Å²) >= 11 is 0. The zero-order valence-corrected chi connectivity index (χ0v) is 10.6. The number of hydrogen-bond acceptors (Lipinski definition) is 6. The molecule has 0 aliphatic carbocycles. The van der Waals surface area contributed by atoms with Crippen molar-refractivity contribution in [2.45, 2.75) is 12.2 Å². The van der Waals surface area contributed by atoms with Crippen LogP contribution in [-0.4, -0.2) is 49.4 Å². The zero-order chi connectivity index (χ0) is 13.7. The second kappa shape index (κ2) is 6.44. The van der Waals surface area contributed by atoms with Gasteiger partial charge in [-0.05, 0) is 12.1 Å². The minimum atomic E-state index is -1.29. The van der Waals surface area contributed by atoms with E-state index in [0.29, 0.717) is 17.1 Å². The quantitative estimate of drug-likeness (QED) is 0.670. The zero-order valence-electron chi connectivity index (χ0n) is 10.6. The van der Waals surface area contributed by atoms with Crippen molar-refractivity contribution in [3.05, 3.63) is 17.7 Å². The van der Waals surface area contributed by atoms with Gasteiger partial charge in [0.15, 0.2) is 11.5 Å². The Morgan fingerprint density at radius 1 is 1.00 bits per heavy atom. The van der Waals surface area contributed by atoms with Gasteiger partial charge in [0.05, 0.1) is 27.9 Å². The first-order chi connectivity index (χ1) is 8.60. The normalized spacial score (nSPS) is 13.9. The Kier molecular flexibility index (Phi) is 5.21. The number of aliphatic hydroxyl groups excluding tert-OH is 3. The molecular formula is C12H18O6. The van der Waals surface area contributed by atoms with E-state index in [1.165, 1.54) is 21.3 Å². The predicted molar refractivity (Wildman–Crippen MR) is 64.2 cm³/mol. The van der Waals surface area contributed by atoms with Crippen molar-refractivity contribution < 1.29 is 29.5 Å². The van der Waals surface area contributed by atoms with Gasteiger partial charge < -0.3 is 29.5 Å². The average molecular weight is 258 g/mol. The summed E-state index contributed by atoms with van der Waals surface area (Å²) in [7, 11) is 4.34. The molecule has 102 valence electrons. The third kappa shape index (κ3) is 2.66. The molecule has 0 saturated heterocycles. The third-order valence-corrected chi connectivity index (χ3v) is 2.60. The van der Waals surface area contributed by atoms with Crippen molar-refractivity contribution in [1.29, 1.82) is 0 Å². The van der Waals surface area contributed by atoms with Gasteiger partial charge in [-0.15, -0.1) is 0 Å². The highest BCUT2D eigenvalue weighted by Gasteiger charge is 2.25. The Hall–Kier alpha value is -1.50. The average Bonchev–Trinajstić information content (AvgIpc) is 2.43. The Balaban J connectivity index is 3.28. The third-order valence-electron chi connectivity index (χ3n) is 2.60. The molecule has 0 heterocycles. The Bertz CT molecular complexity index is 392. The van der Waals surface area contributed by atoms with Crippen LogP contribution in [-0.2, 0) is 0 Å². The largest absolute Gasteiger partial charge is 0.493 e. The highest BCUT2D eigenvalue weighted by atomic mass is 16.5. The maximum Gasteiger partial charge on any atom is 0.203 e. The van der Waals surface area contributed by atoms with Crippen molar-refractivity contribution in [3.8, 4) is 17.2 Å². The van der Waals surface area contributed by atoms with Crippen LogP contribution in [0.15, 0.2) is 12.1 Å². The van der Waals surface area contributed by atoms with Crippen LogP contribution in [0.4, 0.5) is 0 Å². The molecule has 0 fully saturated rings. The lowest BCUT2D eigenvalue weighted by atomic mass is 10.0. The van der Waals surface area contributed by atoms with E-state index in [9.17, 15) is 10.2 Å². The van der Waals surface area contributed by atoms with Gasteiger partial charge in [0.2, 0.25) is 5.75 Å². The molecule has 0 aliphatic heterocycles. The van der Waals surface area contributed by atoms with Gasteiger partial charge in [-0.1, -0.05) is 0 Å². The first-order valence-corrected chi connectivity index (χ1v) is 5.36. The Morgan fingerprint density at radius 2 is 1.61 bits per heavy atom.